The predicted octanol–water partition coefficient (Wildman–Crippen LogP) is 0.819. The molecule has 0 aliphatic carbocycles. The van der Waals surface area contributed by atoms with E-state index in [2.05, 4.69) is 10.3 Å². The minimum absolute atomic E-state index is 0.202. The van der Waals surface area contributed by atoms with Crippen LogP contribution in [0.1, 0.15) is 0 Å². The summed E-state index contributed by atoms with van der Waals surface area (Å²) in [6, 6.07) is 3.19. The van der Waals surface area contributed by atoms with E-state index in [-0.39, 0.29) is 5.75 Å². The first-order chi connectivity index (χ1) is 5.84. The van der Waals surface area contributed by atoms with Crippen molar-refractivity contribution in [2.24, 2.45) is 0 Å². The lowest BCUT2D eigenvalue weighted by atomic mass is 10.4. The quantitative estimate of drug-likeness (QED) is 0.536. The van der Waals surface area contributed by atoms with Crippen molar-refractivity contribution in [3.05, 3.63) is 24.3 Å². The summed E-state index contributed by atoms with van der Waals surface area (Å²) >= 11 is 0. The summed E-state index contributed by atoms with van der Waals surface area (Å²) in [4.78, 5) is 3.45. The SMILES string of the molecule is CNCCOc1cccnc1F. The first kappa shape index (κ1) is 8.93. The van der Waals surface area contributed by atoms with Gasteiger partial charge in [0.2, 0.25) is 0 Å². The van der Waals surface area contributed by atoms with Crippen LogP contribution in [0.4, 0.5) is 4.39 Å². The van der Waals surface area contributed by atoms with Crippen molar-refractivity contribution in [2.75, 3.05) is 20.2 Å². The van der Waals surface area contributed by atoms with Gasteiger partial charge in [0.05, 0.1) is 0 Å². The lowest BCUT2D eigenvalue weighted by molar-refractivity contribution is 0.298. The predicted molar refractivity (Wildman–Crippen MR) is 43.6 cm³/mol. The van der Waals surface area contributed by atoms with Crippen molar-refractivity contribution in [1.82, 2.24) is 10.3 Å². The van der Waals surface area contributed by atoms with Gasteiger partial charge in [-0.2, -0.15) is 4.39 Å². The highest BCUT2D eigenvalue weighted by atomic mass is 19.1. The van der Waals surface area contributed by atoms with Crippen LogP contribution in [-0.2, 0) is 0 Å². The van der Waals surface area contributed by atoms with Crippen LogP contribution in [0.5, 0.6) is 5.75 Å². The van der Waals surface area contributed by atoms with E-state index in [1.54, 1.807) is 12.1 Å². The molecule has 0 unspecified atom stereocenters. The Kier molecular flexibility index (Phi) is 3.47. The van der Waals surface area contributed by atoms with Gasteiger partial charge in [0.25, 0.3) is 5.95 Å². The number of aromatic nitrogens is 1. The van der Waals surface area contributed by atoms with Gasteiger partial charge in [-0.25, -0.2) is 4.98 Å². The molecule has 1 rings (SSSR count). The number of likely N-dealkylation sites (N-methyl/N-ethyl adjacent to an activating group) is 1. The van der Waals surface area contributed by atoms with E-state index in [9.17, 15) is 4.39 Å². The smallest absolute Gasteiger partial charge is 0.255 e. The average molecular weight is 170 g/mol. The number of rotatable bonds is 4. The maximum Gasteiger partial charge on any atom is 0.255 e. The zero-order valence-electron chi connectivity index (χ0n) is 6.88. The molecule has 66 valence electrons. The number of nitrogens with zero attached hydrogens (tertiary/aromatic N) is 1. The second-order valence-corrected chi connectivity index (χ2v) is 2.24. The molecule has 0 saturated heterocycles. The van der Waals surface area contributed by atoms with Gasteiger partial charge in [-0.1, -0.05) is 0 Å². The molecule has 1 aromatic rings. The molecule has 1 aromatic heterocycles. The Bertz CT molecular complexity index is 242. The van der Waals surface area contributed by atoms with Crippen molar-refractivity contribution in [3.8, 4) is 5.75 Å². The van der Waals surface area contributed by atoms with Crippen LogP contribution in [-0.4, -0.2) is 25.2 Å². The fourth-order valence-corrected chi connectivity index (χ4v) is 0.742. The molecule has 12 heavy (non-hydrogen) atoms. The minimum Gasteiger partial charge on any atom is -0.487 e. The molecule has 0 aromatic carbocycles. The van der Waals surface area contributed by atoms with E-state index in [0.29, 0.717) is 13.2 Å². The molecule has 0 saturated carbocycles. The van der Waals surface area contributed by atoms with Gasteiger partial charge >= 0.3 is 0 Å². The Labute approximate surface area is 70.6 Å². The zero-order chi connectivity index (χ0) is 8.81. The molecule has 1 heterocycles. The molecule has 0 bridgehead atoms. The number of hydrogen-bond donors (Lipinski definition) is 1. The third-order valence-electron chi connectivity index (χ3n) is 1.33. The highest BCUT2D eigenvalue weighted by Crippen LogP contribution is 2.11. The third-order valence-corrected chi connectivity index (χ3v) is 1.33. The lowest BCUT2D eigenvalue weighted by Gasteiger charge is -2.04. The van der Waals surface area contributed by atoms with E-state index in [0.717, 1.165) is 0 Å². The van der Waals surface area contributed by atoms with E-state index < -0.39 is 5.95 Å². The van der Waals surface area contributed by atoms with Gasteiger partial charge in [0.15, 0.2) is 5.75 Å². The van der Waals surface area contributed by atoms with E-state index in [1.807, 2.05) is 7.05 Å². The van der Waals surface area contributed by atoms with Crippen LogP contribution in [0.15, 0.2) is 18.3 Å². The molecule has 0 atom stereocenters. The molecule has 4 heteroatoms. The summed E-state index contributed by atoms with van der Waals surface area (Å²) in [6.45, 7) is 1.13. The first-order valence-electron chi connectivity index (χ1n) is 3.72. The van der Waals surface area contributed by atoms with Crippen molar-refractivity contribution < 1.29 is 9.13 Å². The summed E-state index contributed by atoms with van der Waals surface area (Å²) < 4.78 is 17.8. The van der Waals surface area contributed by atoms with Crippen molar-refractivity contribution >= 4 is 0 Å². The number of ether oxygens (including phenoxy) is 1. The molecule has 0 fully saturated rings. The topological polar surface area (TPSA) is 34.1 Å². The van der Waals surface area contributed by atoms with Gasteiger partial charge in [0.1, 0.15) is 6.61 Å². The van der Waals surface area contributed by atoms with E-state index >= 15 is 0 Å². The fraction of sp³-hybridized carbons (Fsp3) is 0.375. The van der Waals surface area contributed by atoms with Gasteiger partial charge in [-0.05, 0) is 19.2 Å². The average Bonchev–Trinajstić information content (AvgIpc) is 2.09. The standard InChI is InChI=1S/C8H11FN2O/c1-10-5-6-12-7-3-2-4-11-8(7)9/h2-4,10H,5-6H2,1H3. The first-order valence-corrected chi connectivity index (χ1v) is 3.72. The fourth-order valence-electron chi connectivity index (χ4n) is 0.742. The van der Waals surface area contributed by atoms with E-state index in [4.69, 9.17) is 4.74 Å². The van der Waals surface area contributed by atoms with Crippen molar-refractivity contribution in [3.63, 3.8) is 0 Å². The Balaban J connectivity index is 2.46. The molecular weight excluding hydrogens is 159 g/mol. The molecule has 1 N–H and O–H groups in total. The van der Waals surface area contributed by atoms with Gasteiger partial charge in [-0.15, -0.1) is 0 Å². The summed E-state index contributed by atoms with van der Waals surface area (Å²) in [7, 11) is 1.81. The Morgan fingerprint density at radius 3 is 3.17 bits per heavy atom. The van der Waals surface area contributed by atoms with Crippen LogP contribution in [0.2, 0.25) is 0 Å². The Hall–Kier alpha value is -1.16. The van der Waals surface area contributed by atoms with E-state index in [1.165, 1.54) is 6.20 Å². The minimum atomic E-state index is -0.561. The monoisotopic (exact) mass is 170 g/mol. The summed E-state index contributed by atoms with van der Waals surface area (Å²) in [5, 5.41) is 2.89. The van der Waals surface area contributed by atoms with Crippen LogP contribution in [0, 0.1) is 5.95 Å². The van der Waals surface area contributed by atoms with Crippen molar-refractivity contribution in [2.45, 2.75) is 0 Å². The number of pyridine rings is 1. The Morgan fingerprint density at radius 1 is 1.67 bits per heavy atom. The van der Waals surface area contributed by atoms with Crippen LogP contribution in [0.3, 0.4) is 0 Å². The third kappa shape index (κ3) is 2.47. The number of hydrogen-bond acceptors (Lipinski definition) is 3. The van der Waals surface area contributed by atoms with Gasteiger partial charge in [-0.3, -0.25) is 0 Å². The lowest BCUT2D eigenvalue weighted by Crippen LogP contribution is -2.16. The summed E-state index contributed by atoms with van der Waals surface area (Å²) in [5.74, 6) is -0.360. The van der Waals surface area contributed by atoms with Crippen LogP contribution < -0.4 is 10.1 Å². The van der Waals surface area contributed by atoms with Crippen LogP contribution >= 0.6 is 0 Å². The van der Waals surface area contributed by atoms with Gasteiger partial charge < -0.3 is 10.1 Å². The summed E-state index contributed by atoms with van der Waals surface area (Å²) in [6.07, 6.45) is 1.39. The van der Waals surface area contributed by atoms with Gasteiger partial charge in [0, 0.05) is 12.7 Å². The highest BCUT2D eigenvalue weighted by Gasteiger charge is 2.00. The molecule has 0 aliphatic heterocycles. The molecule has 0 amide bonds. The summed E-state index contributed by atoms with van der Waals surface area (Å²) in [5.41, 5.74) is 0. The maximum absolute atomic E-state index is 12.8. The van der Waals surface area contributed by atoms with Crippen LogP contribution in [0.25, 0.3) is 0 Å². The largest absolute Gasteiger partial charge is 0.487 e. The normalized spacial score (nSPS) is 9.83. The molecule has 0 aliphatic rings. The second-order valence-electron chi connectivity index (χ2n) is 2.24. The zero-order valence-corrected chi connectivity index (χ0v) is 6.88. The van der Waals surface area contributed by atoms with Crippen molar-refractivity contribution in [1.29, 1.82) is 0 Å². The number of nitrogens with one attached hydrogen (secondary N) is 1. The molecule has 0 spiro atoms. The Morgan fingerprint density at radius 2 is 2.50 bits per heavy atom. The highest BCUT2D eigenvalue weighted by molar-refractivity contribution is 5.17. The molecular formula is C8H11FN2O. The maximum atomic E-state index is 12.8. The second kappa shape index (κ2) is 4.66. The molecule has 0 radical (unpaired) electrons. The molecule has 3 nitrogen and oxygen atoms in total. The number of halogens is 1.